The van der Waals surface area contributed by atoms with Gasteiger partial charge in [0.05, 0.1) is 24.1 Å². The van der Waals surface area contributed by atoms with Crippen molar-refractivity contribution in [1.82, 2.24) is 10.6 Å². The van der Waals surface area contributed by atoms with Crippen LogP contribution in [0.3, 0.4) is 0 Å². The van der Waals surface area contributed by atoms with E-state index < -0.39 is 11.5 Å². The fourth-order valence-corrected chi connectivity index (χ4v) is 5.76. The van der Waals surface area contributed by atoms with Gasteiger partial charge in [-0.3, -0.25) is 14.4 Å². The maximum absolute atomic E-state index is 13.3. The number of thioether (sulfide) groups is 1. The van der Waals surface area contributed by atoms with Gasteiger partial charge < -0.3 is 20.5 Å². The number of aliphatic hydroxyl groups excluding tert-OH is 1. The maximum atomic E-state index is 13.3. The lowest BCUT2D eigenvalue weighted by atomic mass is 9.95. The summed E-state index contributed by atoms with van der Waals surface area (Å²) in [6.07, 6.45) is 10.8. The summed E-state index contributed by atoms with van der Waals surface area (Å²) in [5, 5.41) is 15.9. The molecule has 0 radical (unpaired) electrons. The number of nitrogens with one attached hydrogen (secondary N) is 2. The van der Waals surface area contributed by atoms with Crippen LogP contribution in [0.4, 0.5) is 0 Å². The van der Waals surface area contributed by atoms with Crippen molar-refractivity contribution in [3.8, 4) is 0 Å². The summed E-state index contributed by atoms with van der Waals surface area (Å²) in [5.41, 5.74) is 0.631. The molecule has 1 saturated carbocycles. The highest BCUT2D eigenvalue weighted by Crippen LogP contribution is 2.29. The van der Waals surface area contributed by atoms with Crippen molar-refractivity contribution in [2.75, 3.05) is 19.0 Å². The highest BCUT2D eigenvalue weighted by atomic mass is 32.2. The number of carbonyl (C=O) groups excluding carboxylic acids is 3. The Bertz CT molecular complexity index is 870. The predicted molar refractivity (Wildman–Crippen MR) is 142 cm³/mol. The number of benzene rings is 1. The van der Waals surface area contributed by atoms with Crippen LogP contribution < -0.4 is 10.6 Å². The van der Waals surface area contributed by atoms with Crippen molar-refractivity contribution < 1.29 is 24.2 Å². The maximum Gasteiger partial charge on any atom is 0.305 e. The summed E-state index contributed by atoms with van der Waals surface area (Å²) < 4.78 is 5.49. The first-order valence-corrected chi connectivity index (χ1v) is 14.3. The van der Waals surface area contributed by atoms with E-state index in [2.05, 4.69) is 22.8 Å². The fraction of sp³-hybridized carbons (Fsp3) is 0.607. The number of hydrogen-bond donors (Lipinski definition) is 3. The number of hydrogen-bond acceptors (Lipinski definition) is 6. The van der Waals surface area contributed by atoms with Gasteiger partial charge in [-0.1, -0.05) is 55.3 Å². The van der Waals surface area contributed by atoms with Gasteiger partial charge in [0.15, 0.2) is 0 Å². The van der Waals surface area contributed by atoms with Crippen LogP contribution in [0, 0.1) is 5.92 Å². The zero-order valence-electron chi connectivity index (χ0n) is 21.1. The molecule has 8 heteroatoms. The molecule has 0 bridgehead atoms. The number of amides is 2. The van der Waals surface area contributed by atoms with Gasteiger partial charge in [0, 0.05) is 24.3 Å². The van der Waals surface area contributed by atoms with E-state index in [1.807, 2.05) is 30.4 Å². The number of ether oxygens (including phenoxy) is 1. The van der Waals surface area contributed by atoms with Gasteiger partial charge >= 0.3 is 5.97 Å². The van der Waals surface area contributed by atoms with E-state index in [1.54, 1.807) is 11.8 Å². The molecule has 0 aromatic heterocycles. The van der Waals surface area contributed by atoms with E-state index >= 15 is 0 Å². The van der Waals surface area contributed by atoms with Gasteiger partial charge in [-0.2, -0.15) is 11.8 Å². The summed E-state index contributed by atoms with van der Waals surface area (Å²) in [4.78, 5) is 38.4. The first-order chi connectivity index (χ1) is 17.5. The molecule has 7 nitrogen and oxygen atoms in total. The van der Waals surface area contributed by atoms with E-state index in [1.165, 1.54) is 5.56 Å². The average molecular weight is 517 g/mol. The third-order valence-corrected chi connectivity index (χ3v) is 8.06. The SMILES string of the molecule is O=C(C[C@H]1CC=CCCCCC(=O)OC[C@H](CSCc2ccccc2)NC1=O)NC1(CO)CCCC1. The second-order valence-electron chi connectivity index (χ2n) is 9.94. The van der Waals surface area contributed by atoms with Gasteiger partial charge in [-0.05, 0) is 44.1 Å². The van der Waals surface area contributed by atoms with E-state index in [0.29, 0.717) is 18.6 Å². The fourth-order valence-electron chi connectivity index (χ4n) is 4.75. The molecule has 3 N–H and O–H groups in total. The Kier molecular flexibility index (Phi) is 11.8. The Morgan fingerprint density at radius 2 is 1.89 bits per heavy atom. The van der Waals surface area contributed by atoms with E-state index in [-0.39, 0.29) is 43.5 Å². The number of cyclic esters (lactones) is 1. The van der Waals surface area contributed by atoms with E-state index in [0.717, 1.165) is 50.7 Å². The third-order valence-electron chi connectivity index (χ3n) is 6.88. The predicted octanol–water partition coefficient (Wildman–Crippen LogP) is 3.90. The molecule has 1 aliphatic carbocycles. The zero-order chi connectivity index (χ0) is 25.6. The van der Waals surface area contributed by atoms with Crippen molar-refractivity contribution in [3.05, 3.63) is 48.0 Å². The van der Waals surface area contributed by atoms with Crippen LogP contribution in [-0.2, 0) is 24.9 Å². The standard InChI is InChI=1S/C28H40N2O5S/c31-21-28(15-9-10-16-28)30-25(32)17-23-13-7-2-1-3-8-14-26(33)35-18-24(29-27(23)34)20-36-19-22-11-5-4-6-12-22/h2,4-7,11-12,23-24,31H,1,3,8-10,13-21H2,(H,29,34)(H,30,32)/t23-,24-/m1/s1. The summed E-state index contributed by atoms with van der Waals surface area (Å²) in [6.45, 7) is 0.0380. The van der Waals surface area contributed by atoms with E-state index in [4.69, 9.17) is 4.74 Å². The van der Waals surface area contributed by atoms with Gasteiger partial charge in [0.2, 0.25) is 11.8 Å². The molecule has 0 unspecified atom stereocenters. The molecule has 2 atom stereocenters. The normalized spacial score (nSPS) is 23.4. The minimum Gasteiger partial charge on any atom is -0.463 e. The van der Waals surface area contributed by atoms with Crippen molar-refractivity contribution in [2.45, 2.75) is 81.5 Å². The first kappa shape index (κ1) is 28.3. The molecule has 198 valence electrons. The van der Waals surface area contributed by atoms with Crippen molar-refractivity contribution in [2.24, 2.45) is 5.92 Å². The van der Waals surface area contributed by atoms with Crippen LogP contribution in [-0.4, -0.2) is 53.4 Å². The molecular weight excluding hydrogens is 476 g/mol. The number of aliphatic hydroxyl groups is 1. The Balaban J connectivity index is 1.64. The Morgan fingerprint density at radius 1 is 1.11 bits per heavy atom. The minimum atomic E-state index is -0.560. The third kappa shape index (κ3) is 9.62. The van der Waals surface area contributed by atoms with Crippen LogP contribution >= 0.6 is 11.8 Å². The molecule has 0 saturated heterocycles. The molecule has 2 amide bonds. The molecule has 1 aliphatic heterocycles. The minimum absolute atomic E-state index is 0.0571. The quantitative estimate of drug-likeness (QED) is 0.358. The number of rotatable bonds is 8. The zero-order valence-corrected chi connectivity index (χ0v) is 21.9. The number of carbonyl (C=O) groups is 3. The molecule has 0 spiro atoms. The average Bonchev–Trinajstić information content (AvgIpc) is 3.34. The molecule has 36 heavy (non-hydrogen) atoms. The number of esters is 1. The smallest absolute Gasteiger partial charge is 0.305 e. The highest BCUT2D eigenvalue weighted by Gasteiger charge is 2.35. The highest BCUT2D eigenvalue weighted by molar-refractivity contribution is 7.98. The monoisotopic (exact) mass is 516 g/mol. The first-order valence-electron chi connectivity index (χ1n) is 13.1. The van der Waals surface area contributed by atoms with Crippen LogP contribution in [0.25, 0.3) is 0 Å². The Morgan fingerprint density at radius 3 is 2.64 bits per heavy atom. The van der Waals surface area contributed by atoms with Gasteiger partial charge in [0.1, 0.15) is 6.61 Å². The van der Waals surface area contributed by atoms with Gasteiger partial charge in [-0.25, -0.2) is 0 Å². The largest absolute Gasteiger partial charge is 0.463 e. The Labute approximate surface area is 218 Å². The molecule has 1 fully saturated rings. The number of allylic oxidation sites excluding steroid dienone is 2. The second kappa shape index (κ2) is 15.1. The molecule has 1 aromatic rings. The molecule has 1 aromatic carbocycles. The van der Waals surface area contributed by atoms with Crippen molar-refractivity contribution >= 4 is 29.5 Å². The summed E-state index contributed by atoms with van der Waals surface area (Å²) in [7, 11) is 0. The molecule has 3 rings (SSSR count). The van der Waals surface area contributed by atoms with Crippen LogP contribution in [0.15, 0.2) is 42.5 Å². The van der Waals surface area contributed by atoms with Crippen LogP contribution in [0.5, 0.6) is 0 Å². The lowest BCUT2D eigenvalue weighted by molar-refractivity contribution is -0.145. The lowest BCUT2D eigenvalue weighted by Gasteiger charge is -2.29. The topological polar surface area (TPSA) is 105 Å². The van der Waals surface area contributed by atoms with Gasteiger partial charge in [0.25, 0.3) is 0 Å². The van der Waals surface area contributed by atoms with Crippen molar-refractivity contribution in [1.29, 1.82) is 0 Å². The summed E-state index contributed by atoms with van der Waals surface area (Å²) in [6, 6.07) is 9.75. The van der Waals surface area contributed by atoms with E-state index in [9.17, 15) is 19.5 Å². The van der Waals surface area contributed by atoms with Crippen LogP contribution in [0.1, 0.15) is 69.8 Å². The second-order valence-corrected chi connectivity index (χ2v) is 11.0. The summed E-state index contributed by atoms with van der Waals surface area (Å²) in [5.74, 6) is 0.193. The van der Waals surface area contributed by atoms with Gasteiger partial charge in [-0.15, -0.1) is 0 Å². The molecule has 2 aliphatic rings. The van der Waals surface area contributed by atoms with Crippen LogP contribution in [0.2, 0.25) is 0 Å². The lowest BCUT2D eigenvalue weighted by Crippen LogP contribution is -2.50. The molecule has 1 heterocycles. The van der Waals surface area contributed by atoms with Crippen molar-refractivity contribution in [3.63, 3.8) is 0 Å². The molecular formula is C28H40N2O5S. The Hall–Kier alpha value is -2.32. The summed E-state index contributed by atoms with van der Waals surface area (Å²) >= 11 is 1.67.